The smallest absolute Gasteiger partial charge is 0.304 e. The van der Waals surface area contributed by atoms with E-state index in [2.05, 4.69) is 17.9 Å². The Bertz CT molecular complexity index is 712. The number of carboxylic acids is 1. The van der Waals surface area contributed by atoms with Gasteiger partial charge in [-0.25, -0.2) is 0 Å². The van der Waals surface area contributed by atoms with Crippen LogP contribution in [-0.4, -0.2) is 17.7 Å². The molecule has 0 aliphatic heterocycles. The summed E-state index contributed by atoms with van der Waals surface area (Å²) in [4.78, 5) is 11.0. The predicted octanol–water partition coefficient (Wildman–Crippen LogP) is 5.32. The number of carbonyl (C=O) groups is 1. The van der Waals surface area contributed by atoms with Crippen molar-refractivity contribution in [1.29, 1.82) is 0 Å². The minimum atomic E-state index is -0.831. The van der Waals surface area contributed by atoms with Gasteiger partial charge in [0.2, 0.25) is 0 Å². The molecule has 1 fully saturated rings. The maximum Gasteiger partial charge on any atom is 0.304 e. The first-order valence-corrected chi connectivity index (χ1v) is 9.68. The van der Waals surface area contributed by atoms with Crippen LogP contribution in [0.2, 0.25) is 0 Å². The van der Waals surface area contributed by atoms with Gasteiger partial charge in [0.05, 0.1) is 12.3 Å². The minimum Gasteiger partial charge on any atom is -0.489 e. The summed E-state index contributed by atoms with van der Waals surface area (Å²) < 4.78 is 5.98. The second kappa shape index (κ2) is 8.45. The maximum absolute atomic E-state index is 11.0. The van der Waals surface area contributed by atoms with Crippen molar-refractivity contribution >= 4 is 5.97 Å². The molecule has 2 aliphatic rings. The number of allylic oxidation sites excluding steroid dienone is 1. The molecule has 138 valence electrons. The van der Waals surface area contributed by atoms with E-state index in [0.717, 1.165) is 17.7 Å². The number of carboxylic acid groups (broad SMARTS) is 1. The predicted molar refractivity (Wildman–Crippen MR) is 103 cm³/mol. The number of hydrogen-bond donors (Lipinski definition) is 1. The molecule has 3 rings (SSSR count). The molecule has 2 aliphatic carbocycles. The van der Waals surface area contributed by atoms with Crippen molar-refractivity contribution in [3.63, 3.8) is 0 Å². The van der Waals surface area contributed by atoms with Gasteiger partial charge in [0.15, 0.2) is 0 Å². The van der Waals surface area contributed by atoms with Crippen LogP contribution in [0.15, 0.2) is 35.9 Å². The van der Waals surface area contributed by atoms with Gasteiger partial charge in [-0.15, -0.1) is 5.92 Å². The average molecular weight is 352 g/mol. The van der Waals surface area contributed by atoms with E-state index in [4.69, 9.17) is 9.84 Å². The molecule has 1 spiro atoms. The molecule has 1 saturated carbocycles. The highest BCUT2D eigenvalue weighted by molar-refractivity contribution is 5.69. The highest BCUT2D eigenvalue weighted by atomic mass is 16.5. The van der Waals surface area contributed by atoms with Crippen molar-refractivity contribution in [1.82, 2.24) is 0 Å². The molecule has 26 heavy (non-hydrogen) atoms. The molecule has 3 nitrogen and oxygen atoms in total. The number of benzene rings is 1. The van der Waals surface area contributed by atoms with Gasteiger partial charge < -0.3 is 9.84 Å². The Hall–Kier alpha value is -2.21. The summed E-state index contributed by atoms with van der Waals surface area (Å²) >= 11 is 0. The third kappa shape index (κ3) is 4.69. The van der Waals surface area contributed by atoms with E-state index in [1.54, 1.807) is 6.92 Å². The zero-order chi connectivity index (χ0) is 18.4. The van der Waals surface area contributed by atoms with Gasteiger partial charge in [0, 0.05) is 0 Å². The van der Waals surface area contributed by atoms with Crippen LogP contribution in [0.1, 0.15) is 69.8 Å². The van der Waals surface area contributed by atoms with Gasteiger partial charge >= 0.3 is 5.97 Å². The molecule has 1 aromatic carbocycles. The van der Waals surface area contributed by atoms with Gasteiger partial charge in [0.25, 0.3) is 0 Å². The van der Waals surface area contributed by atoms with Crippen molar-refractivity contribution in [2.24, 2.45) is 5.41 Å². The summed E-state index contributed by atoms with van der Waals surface area (Å²) in [5, 5.41) is 9.04. The lowest BCUT2D eigenvalue weighted by molar-refractivity contribution is -0.137. The van der Waals surface area contributed by atoms with Crippen LogP contribution in [-0.2, 0) is 4.79 Å². The lowest BCUT2D eigenvalue weighted by atomic mass is 9.74. The molecular formula is C23H28O3. The van der Waals surface area contributed by atoms with Crippen molar-refractivity contribution in [3.05, 3.63) is 41.5 Å². The highest BCUT2D eigenvalue weighted by Gasteiger charge is 2.34. The van der Waals surface area contributed by atoms with Crippen molar-refractivity contribution in [2.75, 3.05) is 6.61 Å². The topological polar surface area (TPSA) is 46.5 Å². The fourth-order valence-corrected chi connectivity index (χ4v) is 4.32. The Labute approximate surface area is 156 Å². The van der Waals surface area contributed by atoms with Crippen molar-refractivity contribution in [3.8, 4) is 17.6 Å². The number of ether oxygens (including phenoxy) is 1. The van der Waals surface area contributed by atoms with Crippen molar-refractivity contribution < 1.29 is 14.6 Å². The molecule has 1 aromatic rings. The summed E-state index contributed by atoms with van der Waals surface area (Å²) in [6, 6.07) is 7.71. The van der Waals surface area contributed by atoms with E-state index in [0.29, 0.717) is 12.0 Å². The fraction of sp³-hybridized carbons (Fsp3) is 0.522. The fourth-order valence-electron chi connectivity index (χ4n) is 4.32. The van der Waals surface area contributed by atoms with Crippen LogP contribution in [0.25, 0.3) is 0 Å². The largest absolute Gasteiger partial charge is 0.489 e. The zero-order valence-electron chi connectivity index (χ0n) is 15.6. The molecular weight excluding hydrogens is 324 g/mol. The molecule has 0 saturated heterocycles. The molecule has 1 N–H and O–H groups in total. The summed E-state index contributed by atoms with van der Waals surface area (Å²) in [6.45, 7) is 2.40. The standard InChI is InChI=1S/C23H28O3/c1-2-6-20(15-22(24)25)19-7-9-21(10-8-19)26-17-18-11-14-23(16-18)12-4-3-5-13-23/h7-10,16,20H,3-5,11-15,17H2,1H3,(H,24,25). The van der Waals surface area contributed by atoms with Crippen LogP contribution < -0.4 is 4.74 Å². The van der Waals surface area contributed by atoms with Crippen LogP contribution in [0.3, 0.4) is 0 Å². The highest BCUT2D eigenvalue weighted by Crippen LogP contribution is 2.47. The number of aliphatic carboxylic acids is 1. The van der Waals surface area contributed by atoms with E-state index in [1.165, 1.54) is 44.1 Å². The molecule has 3 heteroatoms. The van der Waals surface area contributed by atoms with Crippen molar-refractivity contribution in [2.45, 2.75) is 64.2 Å². The Morgan fingerprint density at radius 3 is 2.58 bits per heavy atom. The Morgan fingerprint density at radius 1 is 1.19 bits per heavy atom. The molecule has 0 aromatic heterocycles. The summed E-state index contributed by atoms with van der Waals surface area (Å²) in [5.41, 5.74) is 2.82. The number of hydrogen-bond acceptors (Lipinski definition) is 2. The molecule has 0 radical (unpaired) electrons. The molecule has 0 bridgehead atoms. The van der Waals surface area contributed by atoms with Gasteiger partial charge in [-0.05, 0) is 61.3 Å². The summed E-state index contributed by atoms with van der Waals surface area (Å²) in [6.07, 6.45) is 11.8. The van der Waals surface area contributed by atoms with Gasteiger partial charge in [-0.3, -0.25) is 4.79 Å². The van der Waals surface area contributed by atoms with E-state index in [-0.39, 0.29) is 12.3 Å². The first-order valence-electron chi connectivity index (χ1n) is 9.68. The molecule has 0 amide bonds. The second-order valence-corrected chi connectivity index (χ2v) is 7.63. The average Bonchev–Trinajstić information content (AvgIpc) is 3.03. The van der Waals surface area contributed by atoms with Gasteiger partial charge in [0.1, 0.15) is 12.4 Å². The van der Waals surface area contributed by atoms with Crippen LogP contribution >= 0.6 is 0 Å². The van der Waals surface area contributed by atoms with Crippen LogP contribution in [0.4, 0.5) is 0 Å². The molecule has 1 unspecified atom stereocenters. The summed E-state index contributed by atoms with van der Waals surface area (Å²) in [5.74, 6) is 5.54. The lowest BCUT2D eigenvalue weighted by Crippen LogP contribution is -2.18. The number of rotatable bonds is 6. The third-order valence-electron chi connectivity index (χ3n) is 5.71. The minimum absolute atomic E-state index is 0.0238. The first kappa shape index (κ1) is 18.6. The van der Waals surface area contributed by atoms with E-state index < -0.39 is 5.97 Å². The molecule has 1 atom stereocenters. The van der Waals surface area contributed by atoms with Crippen LogP contribution in [0.5, 0.6) is 5.75 Å². The Morgan fingerprint density at radius 2 is 1.92 bits per heavy atom. The second-order valence-electron chi connectivity index (χ2n) is 7.63. The van der Waals surface area contributed by atoms with Gasteiger partial charge in [-0.1, -0.05) is 43.4 Å². The van der Waals surface area contributed by atoms with Crippen LogP contribution in [0, 0.1) is 17.3 Å². The normalized spacial score (nSPS) is 19.3. The van der Waals surface area contributed by atoms with E-state index in [9.17, 15) is 4.79 Å². The lowest BCUT2D eigenvalue weighted by Gasteiger charge is -2.31. The Balaban J connectivity index is 1.58. The third-order valence-corrected chi connectivity index (χ3v) is 5.71. The summed E-state index contributed by atoms with van der Waals surface area (Å²) in [7, 11) is 0. The molecule has 0 heterocycles. The first-order chi connectivity index (χ1) is 12.6. The monoisotopic (exact) mass is 352 g/mol. The SMILES string of the molecule is CC#CC(CC(=O)O)c1ccc(OCC2=CC3(CCCCC3)CC2)cc1. The van der Waals surface area contributed by atoms with E-state index >= 15 is 0 Å². The Kier molecular flexibility index (Phi) is 6.04. The van der Waals surface area contributed by atoms with E-state index in [1.807, 2.05) is 24.3 Å². The maximum atomic E-state index is 11.0. The quantitative estimate of drug-likeness (QED) is 0.557. The zero-order valence-corrected chi connectivity index (χ0v) is 15.6. The van der Waals surface area contributed by atoms with Gasteiger partial charge in [-0.2, -0.15) is 0 Å².